The van der Waals surface area contributed by atoms with Crippen molar-refractivity contribution in [1.29, 1.82) is 10.5 Å². The van der Waals surface area contributed by atoms with E-state index in [-0.39, 0.29) is 11.3 Å². The van der Waals surface area contributed by atoms with Gasteiger partial charge >= 0.3 is 6.18 Å². The van der Waals surface area contributed by atoms with Crippen LogP contribution >= 0.6 is 0 Å². The first-order chi connectivity index (χ1) is 13.0. The molecular formula is C19H14F3N3O3. The molecule has 2 aromatic rings. The Labute approximate surface area is 158 Å². The lowest BCUT2D eigenvalue weighted by Crippen LogP contribution is -2.48. The summed E-state index contributed by atoms with van der Waals surface area (Å²) in [5, 5.41) is 28.2. The Kier molecular flexibility index (Phi) is 5.62. The van der Waals surface area contributed by atoms with Crippen molar-refractivity contribution >= 4 is 5.91 Å². The lowest BCUT2D eigenvalue weighted by molar-refractivity contribution is -0.145. The molecule has 0 unspecified atom stereocenters. The summed E-state index contributed by atoms with van der Waals surface area (Å²) < 4.78 is 45.4. The Balaban J connectivity index is 2.58. The number of halogens is 3. The number of hydrogen-bond donors (Lipinski definition) is 2. The first-order valence-electron chi connectivity index (χ1n) is 7.81. The molecule has 0 radical (unpaired) electrons. The third-order valence-electron chi connectivity index (χ3n) is 4.02. The van der Waals surface area contributed by atoms with Crippen LogP contribution in [0.4, 0.5) is 13.2 Å². The number of carbonyl (C=O) groups excluding carboxylic acids is 1. The van der Waals surface area contributed by atoms with E-state index in [4.69, 9.17) is 21.0 Å². The Morgan fingerprint density at radius 2 is 1.75 bits per heavy atom. The number of primary amides is 1. The van der Waals surface area contributed by atoms with Gasteiger partial charge in [0, 0.05) is 0 Å². The van der Waals surface area contributed by atoms with Crippen molar-refractivity contribution in [3.63, 3.8) is 0 Å². The van der Waals surface area contributed by atoms with Crippen LogP contribution in [0.3, 0.4) is 0 Å². The van der Waals surface area contributed by atoms with E-state index in [0.29, 0.717) is 11.6 Å². The summed E-state index contributed by atoms with van der Waals surface area (Å²) in [6, 6.07) is 11.5. The van der Waals surface area contributed by atoms with Gasteiger partial charge in [0.2, 0.25) is 0 Å². The summed E-state index contributed by atoms with van der Waals surface area (Å²) in [4.78, 5) is 11.7. The molecule has 0 fully saturated rings. The molecule has 0 saturated heterocycles. The maximum absolute atomic E-state index is 13.3. The minimum absolute atomic E-state index is 0.0865. The summed E-state index contributed by atoms with van der Waals surface area (Å²) in [6.45, 7) is 1.01. The van der Waals surface area contributed by atoms with Gasteiger partial charge in [0.1, 0.15) is 5.75 Å². The number of hydrogen-bond acceptors (Lipinski definition) is 5. The van der Waals surface area contributed by atoms with Crippen molar-refractivity contribution in [2.24, 2.45) is 5.73 Å². The minimum Gasteiger partial charge on any atom is -0.482 e. The highest BCUT2D eigenvalue weighted by molar-refractivity contribution is 5.83. The third kappa shape index (κ3) is 4.22. The van der Waals surface area contributed by atoms with Crippen LogP contribution in [-0.4, -0.2) is 16.6 Å². The SMILES string of the molecule is C[C@@](O)(C(N)=O)[C@@H](Oc1ccc(C#N)cc1)c1ccc(C#N)c(C(F)(F)F)c1. The zero-order chi connectivity index (χ0) is 21.1. The Morgan fingerprint density at radius 3 is 2.21 bits per heavy atom. The highest BCUT2D eigenvalue weighted by Gasteiger charge is 2.42. The van der Waals surface area contributed by atoms with Gasteiger partial charge in [0.25, 0.3) is 5.91 Å². The number of rotatable bonds is 5. The second-order valence-electron chi connectivity index (χ2n) is 6.06. The summed E-state index contributed by atoms with van der Waals surface area (Å²) in [6.07, 6.45) is -6.44. The molecule has 9 heteroatoms. The summed E-state index contributed by atoms with van der Waals surface area (Å²) in [5.74, 6) is -1.13. The summed E-state index contributed by atoms with van der Waals surface area (Å²) >= 11 is 0. The van der Waals surface area contributed by atoms with Gasteiger partial charge in [-0.2, -0.15) is 23.7 Å². The zero-order valence-corrected chi connectivity index (χ0v) is 14.5. The minimum atomic E-state index is -4.83. The number of carbonyl (C=O) groups is 1. The molecular weight excluding hydrogens is 375 g/mol. The number of ether oxygens (including phenoxy) is 1. The predicted octanol–water partition coefficient (Wildman–Crippen LogP) is 2.81. The lowest BCUT2D eigenvalue weighted by Gasteiger charge is -2.31. The number of amides is 1. The molecule has 0 bridgehead atoms. The second-order valence-corrected chi connectivity index (χ2v) is 6.06. The zero-order valence-electron chi connectivity index (χ0n) is 14.5. The van der Waals surface area contributed by atoms with E-state index in [9.17, 15) is 23.1 Å². The van der Waals surface area contributed by atoms with Gasteiger partial charge in [-0.3, -0.25) is 4.79 Å². The number of aliphatic hydroxyl groups is 1. The van der Waals surface area contributed by atoms with Crippen LogP contribution in [0.25, 0.3) is 0 Å². The van der Waals surface area contributed by atoms with E-state index >= 15 is 0 Å². The van der Waals surface area contributed by atoms with Gasteiger partial charge in [-0.05, 0) is 48.9 Å². The molecule has 2 rings (SSSR count). The van der Waals surface area contributed by atoms with Crippen LogP contribution in [0.5, 0.6) is 5.75 Å². The largest absolute Gasteiger partial charge is 0.482 e. The molecule has 0 saturated carbocycles. The van der Waals surface area contributed by atoms with Crippen molar-refractivity contribution in [3.05, 3.63) is 64.7 Å². The van der Waals surface area contributed by atoms with Gasteiger partial charge < -0.3 is 15.6 Å². The topological polar surface area (TPSA) is 120 Å². The Morgan fingerprint density at radius 1 is 1.14 bits per heavy atom. The first-order valence-corrected chi connectivity index (χ1v) is 7.81. The predicted molar refractivity (Wildman–Crippen MR) is 90.5 cm³/mol. The van der Waals surface area contributed by atoms with E-state index < -0.39 is 34.9 Å². The van der Waals surface area contributed by atoms with Crippen LogP contribution in [0, 0.1) is 22.7 Å². The van der Waals surface area contributed by atoms with Crippen LogP contribution < -0.4 is 10.5 Å². The Bertz CT molecular complexity index is 971. The molecule has 0 aromatic heterocycles. The smallest absolute Gasteiger partial charge is 0.417 e. The molecule has 2 aromatic carbocycles. The van der Waals surface area contributed by atoms with Crippen molar-refractivity contribution in [2.75, 3.05) is 0 Å². The fourth-order valence-corrected chi connectivity index (χ4v) is 2.44. The Hall–Kier alpha value is -3.56. The van der Waals surface area contributed by atoms with Crippen molar-refractivity contribution < 1.29 is 27.8 Å². The molecule has 3 N–H and O–H groups in total. The highest BCUT2D eigenvalue weighted by atomic mass is 19.4. The van der Waals surface area contributed by atoms with Gasteiger partial charge in [-0.1, -0.05) is 6.07 Å². The fourth-order valence-electron chi connectivity index (χ4n) is 2.44. The second kappa shape index (κ2) is 7.59. The van der Waals surface area contributed by atoms with Crippen molar-refractivity contribution in [2.45, 2.75) is 24.8 Å². The molecule has 28 heavy (non-hydrogen) atoms. The number of nitriles is 2. The van der Waals surface area contributed by atoms with Gasteiger partial charge in [-0.25, -0.2) is 0 Å². The van der Waals surface area contributed by atoms with Crippen LogP contribution in [-0.2, 0) is 11.0 Å². The van der Waals surface area contributed by atoms with Crippen LogP contribution in [0.2, 0.25) is 0 Å². The fraction of sp³-hybridized carbons (Fsp3) is 0.211. The van der Waals surface area contributed by atoms with E-state index in [1.165, 1.54) is 30.3 Å². The highest BCUT2D eigenvalue weighted by Crippen LogP contribution is 2.37. The molecule has 0 aliphatic carbocycles. The summed E-state index contributed by atoms with van der Waals surface area (Å²) in [5.41, 5.74) is 1.08. The maximum atomic E-state index is 13.3. The quantitative estimate of drug-likeness (QED) is 0.815. The number of nitrogens with zero attached hydrogens (tertiary/aromatic N) is 2. The lowest BCUT2D eigenvalue weighted by atomic mass is 9.90. The molecule has 0 aliphatic rings. The average molecular weight is 389 g/mol. The molecule has 0 aliphatic heterocycles. The molecule has 0 spiro atoms. The van der Waals surface area contributed by atoms with Gasteiger partial charge in [-0.15, -0.1) is 0 Å². The van der Waals surface area contributed by atoms with Crippen LogP contribution in [0.15, 0.2) is 42.5 Å². The van der Waals surface area contributed by atoms with Gasteiger partial charge in [0.05, 0.1) is 28.8 Å². The molecule has 0 heterocycles. The molecule has 2 atom stereocenters. The van der Waals surface area contributed by atoms with E-state index in [2.05, 4.69) is 0 Å². The summed E-state index contributed by atoms with van der Waals surface area (Å²) in [7, 11) is 0. The van der Waals surface area contributed by atoms with Gasteiger partial charge in [0.15, 0.2) is 11.7 Å². The molecule has 6 nitrogen and oxygen atoms in total. The van der Waals surface area contributed by atoms with E-state index in [1.54, 1.807) is 0 Å². The monoisotopic (exact) mass is 389 g/mol. The number of alkyl halides is 3. The average Bonchev–Trinajstić information content (AvgIpc) is 2.65. The van der Waals surface area contributed by atoms with E-state index in [0.717, 1.165) is 19.1 Å². The van der Waals surface area contributed by atoms with Crippen molar-refractivity contribution in [1.82, 2.24) is 0 Å². The van der Waals surface area contributed by atoms with Crippen LogP contribution in [0.1, 0.15) is 35.3 Å². The molecule has 1 amide bonds. The van der Waals surface area contributed by atoms with E-state index in [1.807, 2.05) is 6.07 Å². The normalized spacial score (nSPS) is 14.2. The molecule has 144 valence electrons. The third-order valence-corrected chi connectivity index (χ3v) is 4.02. The van der Waals surface area contributed by atoms with Crippen molar-refractivity contribution in [3.8, 4) is 17.9 Å². The number of benzene rings is 2. The number of nitrogens with two attached hydrogens (primary N) is 1. The standard InChI is InChI=1S/C19H14F3N3O3/c1-18(27,17(25)26)16(28-14-6-2-11(9-23)3-7-14)12-4-5-13(10-24)15(8-12)19(20,21)22/h2-8,16,27H,1H3,(H2,25,26)/t16-,18-/m0/s1. The first kappa shape index (κ1) is 20.7. The maximum Gasteiger partial charge on any atom is 0.417 e.